The second kappa shape index (κ2) is 4.29. The number of benzene rings is 2. The standard InChI is InChI=1S/C13H10N4O/c14-9-4-3-5-10(8-9)18-13-15-11-6-1-2-7-12(11)16-17-13/h1-8H,14H2. The fourth-order valence-electron chi connectivity index (χ4n) is 1.59. The third-order valence-electron chi connectivity index (χ3n) is 2.41. The average Bonchev–Trinajstić information content (AvgIpc) is 2.39. The quantitative estimate of drug-likeness (QED) is 0.694. The molecule has 0 amide bonds. The SMILES string of the molecule is Nc1cccc(Oc2nnc3ccccc3n2)c1. The van der Waals surface area contributed by atoms with Crippen LogP contribution >= 0.6 is 0 Å². The largest absolute Gasteiger partial charge is 0.423 e. The third kappa shape index (κ3) is 2.06. The molecule has 0 aliphatic heterocycles. The molecule has 5 heteroatoms. The van der Waals surface area contributed by atoms with Gasteiger partial charge in [0, 0.05) is 11.8 Å². The Bertz CT molecular complexity index is 699. The zero-order chi connectivity index (χ0) is 12.4. The van der Waals surface area contributed by atoms with E-state index in [2.05, 4.69) is 15.2 Å². The Kier molecular flexibility index (Phi) is 2.49. The molecule has 3 rings (SSSR count). The van der Waals surface area contributed by atoms with E-state index in [-0.39, 0.29) is 6.01 Å². The predicted molar refractivity (Wildman–Crippen MR) is 68.3 cm³/mol. The second-order valence-electron chi connectivity index (χ2n) is 3.76. The molecule has 2 N–H and O–H groups in total. The van der Waals surface area contributed by atoms with Crippen molar-refractivity contribution in [3.8, 4) is 11.8 Å². The van der Waals surface area contributed by atoms with Gasteiger partial charge in [-0.1, -0.05) is 23.3 Å². The van der Waals surface area contributed by atoms with Crippen LogP contribution in [0.4, 0.5) is 5.69 Å². The third-order valence-corrected chi connectivity index (χ3v) is 2.41. The molecule has 3 aromatic rings. The van der Waals surface area contributed by atoms with E-state index in [1.54, 1.807) is 24.3 Å². The number of fused-ring (bicyclic) bond motifs is 1. The molecular weight excluding hydrogens is 228 g/mol. The molecule has 5 nitrogen and oxygen atoms in total. The Morgan fingerprint density at radius 1 is 0.889 bits per heavy atom. The number of ether oxygens (including phenoxy) is 1. The van der Waals surface area contributed by atoms with Gasteiger partial charge in [-0.05, 0) is 24.3 Å². The molecule has 0 aliphatic rings. The van der Waals surface area contributed by atoms with Gasteiger partial charge in [-0.15, -0.1) is 5.10 Å². The summed E-state index contributed by atoms with van der Waals surface area (Å²) in [5.41, 5.74) is 7.77. The minimum atomic E-state index is 0.208. The van der Waals surface area contributed by atoms with Crippen LogP contribution < -0.4 is 10.5 Å². The minimum Gasteiger partial charge on any atom is -0.423 e. The molecular formula is C13H10N4O. The van der Waals surface area contributed by atoms with E-state index in [4.69, 9.17) is 10.5 Å². The predicted octanol–water partition coefficient (Wildman–Crippen LogP) is 2.40. The number of nitrogen functional groups attached to an aromatic ring is 1. The molecule has 0 saturated carbocycles. The van der Waals surface area contributed by atoms with E-state index < -0.39 is 0 Å². The topological polar surface area (TPSA) is 73.9 Å². The first-order valence-electron chi connectivity index (χ1n) is 5.44. The van der Waals surface area contributed by atoms with Gasteiger partial charge in [0.2, 0.25) is 0 Å². The highest BCUT2D eigenvalue weighted by Crippen LogP contribution is 2.20. The highest BCUT2D eigenvalue weighted by molar-refractivity contribution is 5.73. The highest BCUT2D eigenvalue weighted by Gasteiger charge is 2.03. The first kappa shape index (κ1) is 10.5. The van der Waals surface area contributed by atoms with Crippen molar-refractivity contribution < 1.29 is 4.74 Å². The Morgan fingerprint density at radius 2 is 1.72 bits per heavy atom. The van der Waals surface area contributed by atoms with Crippen LogP contribution in [-0.2, 0) is 0 Å². The van der Waals surface area contributed by atoms with E-state index in [0.717, 1.165) is 11.0 Å². The number of hydrogen-bond donors (Lipinski definition) is 1. The number of nitrogens with two attached hydrogens (primary N) is 1. The molecule has 2 aromatic carbocycles. The van der Waals surface area contributed by atoms with E-state index in [1.165, 1.54) is 0 Å². The number of para-hydroxylation sites is 1. The van der Waals surface area contributed by atoms with Gasteiger partial charge in [0.1, 0.15) is 11.3 Å². The Labute approximate surface area is 103 Å². The highest BCUT2D eigenvalue weighted by atomic mass is 16.5. The molecule has 1 heterocycles. The Morgan fingerprint density at radius 3 is 2.56 bits per heavy atom. The van der Waals surface area contributed by atoms with Crippen LogP contribution in [0.5, 0.6) is 11.8 Å². The molecule has 0 atom stereocenters. The lowest BCUT2D eigenvalue weighted by atomic mass is 10.3. The number of hydrogen-bond acceptors (Lipinski definition) is 5. The Balaban J connectivity index is 1.95. The molecule has 0 fully saturated rings. The van der Waals surface area contributed by atoms with E-state index in [1.807, 2.05) is 24.3 Å². The zero-order valence-corrected chi connectivity index (χ0v) is 9.45. The van der Waals surface area contributed by atoms with Gasteiger partial charge in [-0.2, -0.15) is 4.98 Å². The normalized spacial score (nSPS) is 10.4. The molecule has 18 heavy (non-hydrogen) atoms. The molecule has 88 valence electrons. The molecule has 1 aromatic heterocycles. The first-order chi connectivity index (χ1) is 8.81. The second-order valence-corrected chi connectivity index (χ2v) is 3.76. The molecule has 0 unspecified atom stereocenters. The van der Waals surface area contributed by atoms with Crippen molar-refractivity contribution in [2.45, 2.75) is 0 Å². The lowest BCUT2D eigenvalue weighted by molar-refractivity contribution is 0.437. The number of aromatic nitrogens is 3. The number of nitrogens with zero attached hydrogens (tertiary/aromatic N) is 3. The number of anilines is 1. The van der Waals surface area contributed by atoms with Crippen molar-refractivity contribution in [3.05, 3.63) is 48.5 Å². The van der Waals surface area contributed by atoms with Gasteiger partial charge in [0.25, 0.3) is 0 Å². The van der Waals surface area contributed by atoms with Gasteiger partial charge in [0.05, 0.1) is 5.52 Å². The van der Waals surface area contributed by atoms with Crippen LogP contribution in [0.25, 0.3) is 11.0 Å². The minimum absolute atomic E-state index is 0.208. The summed E-state index contributed by atoms with van der Waals surface area (Å²) in [6, 6.07) is 14.8. The van der Waals surface area contributed by atoms with Crippen LogP contribution in [0, 0.1) is 0 Å². The van der Waals surface area contributed by atoms with Crippen molar-refractivity contribution in [3.63, 3.8) is 0 Å². The van der Waals surface area contributed by atoms with Crippen LogP contribution in [-0.4, -0.2) is 15.2 Å². The molecule has 0 spiro atoms. The Hall–Kier alpha value is -2.69. The van der Waals surface area contributed by atoms with E-state index >= 15 is 0 Å². The zero-order valence-electron chi connectivity index (χ0n) is 9.45. The molecule has 0 aliphatic carbocycles. The summed E-state index contributed by atoms with van der Waals surface area (Å²) in [6.45, 7) is 0. The number of rotatable bonds is 2. The lowest BCUT2D eigenvalue weighted by Crippen LogP contribution is -1.95. The van der Waals surface area contributed by atoms with Crippen LogP contribution in [0.15, 0.2) is 48.5 Å². The maximum Gasteiger partial charge on any atom is 0.341 e. The summed E-state index contributed by atoms with van der Waals surface area (Å²) in [6.07, 6.45) is 0. The van der Waals surface area contributed by atoms with Crippen molar-refractivity contribution in [2.75, 3.05) is 5.73 Å². The summed E-state index contributed by atoms with van der Waals surface area (Å²) in [5.74, 6) is 0.590. The fourth-order valence-corrected chi connectivity index (χ4v) is 1.59. The smallest absolute Gasteiger partial charge is 0.341 e. The van der Waals surface area contributed by atoms with Gasteiger partial charge in [-0.25, -0.2) is 0 Å². The fraction of sp³-hybridized carbons (Fsp3) is 0. The summed E-state index contributed by atoms with van der Waals surface area (Å²) >= 11 is 0. The van der Waals surface area contributed by atoms with Crippen LogP contribution in [0.3, 0.4) is 0 Å². The van der Waals surface area contributed by atoms with Gasteiger partial charge in [-0.3, -0.25) is 0 Å². The van der Waals surface area contributed by atoms with Crippen molar-refractivity contribution in [1.82, 2.24) is 15.2 Å². The summed E-state index contributed by atoms with van der Waals surface area (Å²) in [7, 11) is 0. The van der Waals surface area contributed by atoms with Crippen molar-refractivity contribution in [2.24, 2.45) is 0 Å². The first-order valence-corrected chi connectivity index (χ1v) is 5.44. The van der Waals surface area contributed by atoms with Gasteiger partial charge < -0.3 is 10.5 Å². The summed E-state index contributed by atoms with van der Waals surface area (Å²) < 4.78 is 5.50. The molecule has 0 bridgehead atoms. The van der Waals surface area contributed by atoms with Gasteiger partial charge in [0.15, 0.2) is 0 Å². The van der Waals surface area contributed by atoms with E-state index in [0.29, 0.717) is 11.4 Å². The maximum atomic E-state index is 5.67. The molecule has 0 radical (unpaired) electrons. The molecule has 0 saturated heterocycles. The van der Waals surface area contributed by atoms with Crippen molar-refractivity contribution >= 4 is 16.7 Å². The van der Waals surface area contributed by atoms with Crippen LogP contribution in [0.1, 0.15) is 0 Å². The maximum absolute atomic E-state index is 5.67. The lowest BCUT2D eigenvalue weighted by Gasteiger charge is -2.04. The monoisotopic (exact) mass is 238 g/mol. The van der Waals surface area contributed by atoms with Crippen molar-refractivity contribution in [1.29, 1.82) is 0 Å². The average molecular weight is 238 g/mol. The summed E-state index contributed by atoms with van der Waals surface area (Å²) in [4.78, 5) is 4.26. The van der Waals surface area contributed by atoms with Crippen LogP contribution in [0.2, 0.25) is 0 Å². The summed E-state index contributed by atoms with van der Waals surface area (Å²) in [5, 5.41) is 7.94. The van der Waals surface area contributed by atoms with Gasteiger partial charge >= 0.3 is 6.01 Å². The van der Waals surface area contributed by atoms with E-state index in [9.17, 15) is 0 Å².